The summed E-state index contributed by atoms with van der Waals surface area (Å²) >= 11 is 0. The van der Waals surface area contributed by atoms with Crippen LogP contribution in [0.4, 0.5) is 0 Å². The number of carbonyl (C=O) groups excluding carboxylic acids is 2. The summed E-state index contributed by atoms with van der Waals surface area (Å²) in [6, 6.07) is 13.7. The summed E-state index contributed by atoms with van der Waals surface area (Å²) < 4.78 is 0. The average Bonchev–Trinajstić information content (AvgIpc) is 2.80. The normalized spacial score (nSPS) is 14.7. The summed E-state index contributed by atoms with van der Waals surface area (Å²) in [5.74, 6) is -2.34. The van der Waals surface area contributed by atoms with Gasteiger partial charge in [0, 0.05) is 0 Å². The molecule has 0 aliphatic carbocycles. The minimum atomic E-state index is -0.945. The Morgan fingerprint density at radius 1 is 1.00 bits per heavy atom. The van der Waals surface area contributed by atoms with Gasteiger partial charge in [-0.2, -0.15) is 0 Å². The van der Waals surface area contributed by atoms with Crippen LogP contribution in [0.25, 0.3) is 0 Å². The molecule has 0 fully saturated rings. The van der Waals surface area contributed by atoms with Crippen molar-refractivity contribution in [2.45, 2.75) is 19.4 Å². The molecule has 2 aromatic carbocycles. The largest absolute Gasteiger partial charge is 0.481 e. The number of amides is 2. The quantitative estimate of drug-likeness (QED) is 0.881. The lowest BCUT2D eigenvalue weighted by Crippen LogP contribution is -2.30. The van der Waals surface area contributed by atoms with E-state index in [-0.39, 0.29) is 18.4 Å². The third-order valence-corrected chi connectivity index (χ3v) is 4.10. The van der Waals surface area contributed by atoms with E-state index in [2.05, 4.69) is 0 Å². The first-order chi connectivity index (χ1) is 11.0. The topological polar surface area (TPSA) is 74.7 Å². The van der Waals surface area contributed by atoms with Crippen LogP contribution in [0.1, 0.15) is 44.7 Å². The predicted molar refractivity (Wildman–Crippen MR) is 83.1 cm³/mol. The molecule has 3 rings (SSSR count). The third kappa shape index (κ3) is 2.50. The fourth-order valence-electron chi connectivity index (χ4n) is 2.79. The van der Waals surface area contributed by atoms with E-state index in [4.69, 9.17) is 0 Å². The number of imide groups is 1. The number of carboxylic acids is 1. The van der Waals surface area contributed by atoms with E-state index in [1.54, 1.807) is 55.5 Å². The van der Waals surface area contributed by atoms with Crippen molar-refractivity contribution in [3.05, 3.63) is 70.8 Å². The summed E-state index contributed by atoms with van der Waals surface area (Å²) in [5, 5.41) is 9.22. The Morgan fingerprint density at radius 3 is 2.09 bits per heavy atom. The molecular formula is C18H15NO4. The molecule has 2 aromatic rings. The van der Waals surface area contributed by atoms with E-state index >= 15 is 0 Å². The van der Waals surface area contributed by atoms with Crippen molar-refractivity contribution in [3.63, 3.8) is 0 Å². The van der Waals surface area contributed by atoms with Crippen LogP contribution in [-0.4, -0.2) is 27.8 Å². The van der Waals surface area contributed by atoms with Crippen molar-refractivity contribution >= 4 is 17.8 Å². The monoisotopic (exact) mass is 309 g/mol. The molecule has 2 amide bonds. The summed E-state index contributed by atoms with van der Waals surface area (Å²) in [6.07, 6.45) is 0. The third-order valence-electron chi connectivity index (χ3n) is 4.10. The molecule has 0 saturated heterocycles. The van der Waals surface area contributed by atoms with Gasteiger partial charge < -0.3 is 5.11 Å². The lowest BCUT2D eigenvalue weighted by molar-refractivity contribution is -0.138. The van der Waals surface area contributed by atoms with Gasteiger partial charge in [0.15, 0.2) is 0 Å². The summed E-state index contributed by atoms with van der Waals surface area (Å²) in [4.78, 5) is 37.2. The van der Waals surface area contributed by atoms with E-state index in [0.717, 1.165) is 4.90 Å². The predicted octanol–water partition coefficient (Wildman–Crippen LogP) is 2.67. The molecule has 1 aliphatic heterocycles. The minimum Gasteiger partial charge on any atom is -0.481 e. The van der Waals surface area contributed by atoms with Crippen LogP contribution in [0.2, 0.25) is 0 Å². The molecule has 1 aliphatic rings. The maximum atomic E-state index is 12.4. The second kappa shape index (κ2) is 5.68. The van der Waals surface area contributed by atoms with E-state index in [1.807, 2.05) is 0 Å². The van der Waals surface area contributed by atoms with Gasteiger partial charge >= 0.3 is 5.97 Å². The molecule has 0 aromatic heterocycles. The van der Waals surface area contributed by atoms with Gasteiger partial charge in [-0.05, 0) is 30.2 Å². The smallest absolute Gasteiger partial charge is 0.310 e. The summed E-state index contributed by atoms with van der Waals surface area (Å²) in [6.45, 7) is 1.66. The zero-order valence-electron chi connectivity index (χ0n) is 12.5. The highest BCUT2D eigenvalue weighted by molar-refractivity contribution is 6.21. The number of hydrogen-bond donors (Lipinski definition) is 1. The molecule has 1 atom stereocenters. The SMILES string of the molecule is CC(C(=O)O)c1ccccc1CN1C(=O)c2ccccc2C1=O. The fourth-order valence-corrected chi connectivity index (χ4v) is 2.79. The first-order valence-corrected chi connectivity index (χ1v) is 7.26. The standard InChI is InChI=1S/C18H15NO4/c1-11(18(22)23)13-7-3-2-6-12(13)10-19-16(20)14-8-4-5-9-15(14)17(19)21/h2-9,11H,10H2,1H3,(H,22,23). The number of nitrogens with zero attached hydrogens (tertiary/aromatic N) is 1. The van der Waals surface area contributed by atoms with Gasteiger partial charge in [0.1, 0.15) is 0 Å². The van der Waals surface area contributed by atoms with Gasteiger partial charge in [-0.1, -0.05) is 36.4 Å². The van der Waals surface area contributed by atoms with Crippen molar-refractivity contribution in [3.8, 4) is 0 Å². The second-order valence-corrected chi connectivity index (χ2v) is 5.50. The number of carbonyl (C=O) groups is 3. The van der Waals surface area contributed by atoms with Gasteiger partial charge in [0.05, 0.1) is 23.6 Å². The highest BCUT2D eigenvalue weighted by atomic mass is 16.4. The molecular weight excluding hydrogens is 294 g/mol. The number of carboxylic acid groups (broad SMARTS) is 1. The number of benzene rings is 2. The molecule has 1 N–H and O–H groups in total. The Kier molecular flexibility index (Phi) is 3.70. The molecule has 1 heterocycles. The van der Waals surface area contributed by atoms with Crippen molar-refractivity contribution in [2.24, 2.45) is 0 Å². The lowest BCUT2D eigenvalue weighted by Gasteiger charge is -2.18. The molecule has 0 saturated carbocycles. The maximum absolute atomic E-state index is 12.4. The van der Waals surface area contributed by atoms with Crippen molar-refractivity contribution in [1.82, 2.24) is 4.90 Å². The first-order valence-electron chi connectivity index (χ1n) is 7.26. The van der Waals surface area contributed by atoms with Gasteiger partial charge in [-0.15, -0.1) is 0 Å². The molecule has 116 valence electrons. The van der Waals surface area contributed by atoms with Crippen LogP contribution in [0.5, 0.6) is 0 Å². The van der Waals surface area contributed by atoms with Crippen LogP contribution in [-0.2, 0) is 11.3 Å². The van der Waals surface area contributed by atoms with Crippen LogP contribution >= 0.6 is 0 Å². The van der Waals surface area contributed by atoms with Crippen LogP contribution in [0.15, 0.2) is 48.5 Å². The molecule has 5 nitrogen and oxygen atoms in total. The van der Waals surface area contributed by atoms with Crippen LogP contribution in [0, 0.1) is 0 Å². The average molecular weight is 309 g/mol. The Labute approximate surface area is 133 Å². The van der Waals surface area contributed by atoms with Gasteiger partial charge in [-0.25, -0.2) is 0 Å². The summed E-state index contributed by atoms with van der Waals surface area (Å²) in [5.41, 5.74) is 2.05. The first kappa shape index (κ1) is 15.0. The van der Waals surface area contributed by atoms with E-state index in [1.165, 1.54) is 0 Å². The van der Waals surface area contributed by atoms with E-state index in [0.29, 0.717) is 22.3 Å². The number of aliphatic carboxylic acids is 1. The Bertz CT molecular complexity index is 777. The van der Waals surface area contributed by atoms with Gasteiger partial charge in [-0.3, -0.25) is 19.3 Å². The van der Waals surface area contributed by atoms with Crippen LogP contribution < -0.4 is 0 Å². The Morgan fingerprint density at radius 2 is 1.52 bits per heavy atom. The molecule has 1 unspecified atom stereocenters. The zero-order valence-corrected chi connectivity index (χ0v) is 12.5. The number of rotatable bonds is 4. The second-order valence-electron chi connectivity index (χ2n) is 5.50. The zero-order chi connectivity index (χ0) is 16.6. The van der Waals surface area contributed by atoms with Crippen molar-refractivity contribution < 1.29 is 19.5 Å². The van der Waals surface area contributed by atoms with Crippen LogP contribution in [0.3, 0.4) is 0 Å². The highest BCUT2D eigenvalue weighted by Crippen LogP contribution is 2.27. The molecule has 23 heavy (non-hydrogen) atoms. The number of fused-ring (bicyclic) bond motifs is 1. The molecule has 0 radical (unpaired) electrons. The van der Waals surface area contributed by atoms with Gasteiger partial charge in [0.25, 0.3) is 11.8 Å². The molecule has 0 bridgehead atoms. The number of hydrogen-bond acceptors (Lipinski definition) is 3. The lowest BCUT2D eigenvalue weighted by atomic mass is 9.95. The Hall–Kier alpha value is -2.95. The van der Waals surface area contributed by atoms with Gasteiger partial charge in [0.2, 0.25) is 0 Å². The molecule has 0 spiro atoms. The maximum Gasteiger partial charge on any atom is 0.310 e. The Balaban J connectivity index is 1.94. The van der Waals surface area contributed by atoms with E-state index in [9.17, 15) is 19.5 Å². The van der Waals surface area contributed by atoms with E-state index < -0.39 is 11.9 Å². The summed E-state index contributed by atoms with van der Waals surface area (Å²) in [7, 11) is 0. The molecule has 5 heteroatoms. The van der Waals surface area contributed by atoms with Crippen molar-refractivity contribution in [2.75, 3.05) is 0 Å². The highest BCUT2D eigenvalue weighted by Gasteiger charge is 2.35. The van der Waals surface area contributed by atoms with Crippen molar-refractivity contribution in [1.29, 1.82) is 0 Å². The fraction of sp³-hybridized carbons (Fsp3) is 0.167. The minimum absolute atomic E-state index is 0.0696.